The molecule has 3 heterocycles. The molecule has 9 atom stereocenters. The minimum absolute atomic E-state index is 0.0999. The Morgan fingerprint density at radius 1 is 1.22 bits per heavy atom. The molecule has 0 aromatic heterocycles. The Labute approximate surface area is 153 Å². The van der Waals surface area contributed by atoms with Gasteiger partial charge in [0.05, 0.1) is 30.8 Å². The molecule has 0 saturated carbocycles. The summed E-state index contributed by atoms with van der Waals surface area (Å²) in [5.41, 5.74) is -0.0999. The Bertz CT molecular complexity index is 617. The van der Waals surface area contributed by atoms with E-state index in [4.69, 9.17) is 18.9 Å². The van der Waals surface area contributed by atoms with Gasteiger partial charge in [-0.25, -0.2) is 4.79 Å². The third-order valence-corrected chi connectivity index (χ3v) is 5.12. The molecule has 3 rings (SSSR count). The molecular formula is C16H22O11. The minimum Gasteiger partial charge on any atom is -0.478 e. The SMILES string of the molecule is C[C@H]1OC(=O)C[C@@H]2C(C(=O)O)=CO[C@@H](O[C@H]3O[C@H](CO)[C@@H](O)[C@H](O)[C@H]3O)[C@@H]21. The standard InChI is InChI=1S/C16H22O11/c1-5-10-6(2-9(18)25-5)7(14(22)23)4-24-15(10)27-16-13(21)12(20)11(19)8(3-17)26-16/h4-6,8,10-13,15-17,19-21H,2-3H2,1H3,(H,22,23)/t5-,6-,8-,10-,11-,12+,13-,15+,16-/m1/s1. The van der Waals surface area contributed by atoms with Crippen LogP contribution in [0, 0.1) is 11.8 Å². The third kappa shape index (κ3) is 3.66. The molecule has 0 radical (unpaired) electrons. The number of ether oxygens (including phenoxy) is 4. The summed E-state index contributed by atoms with van der Waals surface area (Å²) in [5.74, 6) is -3.23. The first kappa shape index (κ1) is 20.0. The highest BCUT2D eigenvalue weighted by Crippen LogP contribution is 2.41. The molecule has 2 saturated heterocycles. The monoisotopic (exact) mass is 390 g/mol. The molecule has 152 valence electrons. The van der Waals surface area contributed by atoms with Gasteiger partial charge in [-0.2, -0.15) is 0 Å². The number of cyclic esters (lactones) is 1. The van der Waals surface area contributed by atoms with Gasteiger partial charge in [-0.05, 0) is 6.92 Å². The van der Waals surface area contributed by atoms with Crippen molar-refractivity contribution in [3.05, 3.63) is 11.8 Å². The molecule has 0 aromatic rings. The van der Waals surface area contributed by atoms with Crippen LogP contribution in [0.2, 0.25) is 0 Å². The van der Waals surface area contributed by atoms with Crippen molar-refractivity contribution in [2.75, 3.05) is 6.61 Å². The van der Waals surface area contributed by atoms with Gasteiger partial charge in [0.15, 0.2) is 6.29 Å². The number of fused-ring (bicyclic) bond motifs is 1. The quantitative estimate of drug-likeness (QED) is 0.327. The van der Waals surface area contributed by atoms with Gasteiger partial charge in [0, 0.05) is 5.92 Å². The van der Waals surface area contributed by atoms with Crippen molar-refractivity contribution < 1.29 is 54.1 Å². The van der Waals surface area contributed by atoms with Crippen LogP contribution in [0.15, 0.2) is 11.8 Å². The first-order chi connectivity index (χ1) is 12.7. The number of aliphatic hydroxyl groups is 4. The number of hydrogen-bond donors (Lipinski definition) is 5. The molecule has 0 aromatic carbocycles. The lowest BCUT2D eigenvalue weighted by atomic mass is 9.77. The van der Waals surface area contributed by atoms with Gasteiger partial charge >= 0.3 is 11.9 Å². The lowest BCUT2D eigenvalue weighted by Crippen LogP contribution is -2.61. The molecule has 3 aliphatic rings. The normalized spacial score (nSPS) is 44.6. The summed E-state index contributed by atoms with van der Waals surface area (Å²) in [6.45, 7) is 0.936. The molecule has 3 aliphatic heterocycles. The van der Waals surface area contributed by atoms with E-state index < -0.39 is 73.5 Å². The number of hydrogen-bond acceptors (Lipinski definition) is 10. The largest absolute Gasteiger partial charge is 0.478 e. The van der Waals surface area contributed by atoms with E-state index in [1.807, 2.05) is 0 Å². The van der Waals surface area contributed by atoms with Crippen LogP contribution in [-0.2, 0) is 28.5 Å². The number of carbonyl (C=O) groups excluding carboxylic acids is 1. The van der Waals surface area contributed by atoms with E-state index in [-0.39, 0.29) is 12.0 Å². The number of carbonyl (C=O) groups is 2. The van der Waals surface area contributed by atoms with Crippen LogP contribution in [0.1, 0.15) is 13.3 Å². The van der Waals surface area contributed by atoms with Crippen molar-refractivity contribution >= 4 is 11.9 Å². The molecule has 0 spiro atoms. The van der Waals surface area contributed by atoms with Crippen LogP contribution in [0.4, 0.5) is 0 Å². The van der Waals surface area contributed by atoms with E-state index in [2.05, 4.69) is 0 Å². The second-order valence-corrected chi connectivity index (χ2v) is 6.80. The highest BCUT2D eigenvalue weighted by atomic mass is 16.8. The van der Waals surface area contributed by atoms with Crippen LogP contribution in [0.25, 0.3) is 0 Å². The van der Waals surface area contributed by atoms with Crippen molar-refractivity contribution in [2.45, 2.75) is 56.4 Å². The molecule has 0 bridgehead atoms. The molecule has 0 amide bonds. The van der Waals surface area contributed by atoms with E-state index in [0.29, 0.717) is 0 Å². The van der Waals surface area contributed by atoms with E-state index >= 15 is 0 Å². The van der Waals surface area contributed by atoms with E-state index in [9.17, 15) is 35.1 Å². The molecule has 0 aliphatic carbocycles. The van der Waals surface area contributed by atoms with Gasteiger partial charge < -0.3 is 44.5 Å². The van der Waals surface area contributed by atoms with E-state index in [1.165, 1.54) is 0 Å². The molecular weight excluding hydrogens is 368 g/mol. The predicted molar refractivity (Wildman–Crippen MR) is 82.6 cm³/mol. The first-order valence-corrected chi connectivity index (χ1v) is 8.48. The highest BCUT2D eigenvalue weighted by Gasteiger charge is 2.51. The van der Waals surface area contributed by atoms with Crippen LogP contribution < -0.4 is 0 Å². The molecule has 11 nitrogen and oxygen atoms in total. The molecule has 11 heteroatoms. The number of esters is 1. The zero-order valence-corrected chi connectivity index (χ0v) is 14.4. The summed E-state index contributed by atoms with van der Waals surface area (Å²) in [5, 5.41) is 48.4. The maximum atomic E-state index is 11.7. The van der Waals surface area contributed by atoms with Gasteiger partial charge in [0.25, 0.3) is 0 Å². The molecule has 27 heavy (non-hydrogen) atoms. The maximum Gasteiger partial charge on any atom is 0.335 e. The van der Waals surface area contributed by atoms with E-state index in [1.54, 1.807) is 6.92 Å². The molecule has 2 fully saturated rings. The average molecular weight is 390 g/mol. The third-order valence-electron chi connectivity index (χ3n) is 5.12. The number of rotatable bonds is 4. The zero-order valence-electron chi connectivity index (χ0n) is 14.4. The lowest BCUT2D eigenvalue weighted by Gasteiger charge is -2.45. The number of aliphatic hydroxyl groups excluding tert-OH is 4. The summed E-state index contributed by atoms with van der Waals surface area (Å²) >= 11 is 0. The van der Waals surface area contributed by atoms with Crippen molar-refractivity contribution in [2.24, 2.45) is 11.8 Å². The summed E-state index contributed by atoms with van der Waals surface area (Å²) in [7, 11) is 0. The molecule has 0 unspecified atom stereocenters. The summed E-state index contributed by atoms with van der Waals surface area (Å²) < 4.78 is 21.4. The van der Waals surface area contributed by atoms with Crippen LogP contribution in [0.5, 0.6) is 0 Å². The summed E-state index contributed by atoms with van der Waals surface area (Å²) in [4.78, 5) is 23.2. The maximum absolute atomic E-state index is 11.7. The van der Waals surface area contributed by atoms with E-state index in [0.717, 1.165) is 6.26 Å². The van der Waals surface area contributed by atoms with Crippen LogP contribution >= 0.6 is 0 Å². The fourth-order valence-corrected chi connectivity index (χ4v) is 3.67. The minimum atomic E-state index is -1.64. The van der Waals surface area contributed by atoms with Gasteiger partial charge in [0.1, 0.15) is 30.5 Å². The van der Waals surface area contributed by atoms with Crippen LogP contribution in [0.3, 0.4) is 0 Å². The van der Waals surface area contributed by atoms with Crippen molar-refractivity contribution in [1.29, 1.82) is 0 Å². The molecule has 5 N–H and O–H groups in total. The fraction of sp³-hybridized carbons (Fsp3) is 0.750. The Balaban J connectivity index is 1.82. The van der Waals surface area contributed by atoms with Gasteiger partial charge in [0.2, 0.25) is 6.29 Å². The topological polar surface area (TPSA) is 172 Å². The zero-order chi connectivity index (χ0) is 19.9. The average Bonchev–Trinajstić information content (AvgIpc) is 2.61. The Morgan fingerprint density at radius 2 is 1.93 bits per heavy atom. The van der Waals surface area contributed by atoms with Crippen molar-refractivity contribution in [3.63, 3.8) is 0 Å². The Kier molecular flexibility index (Phi) is 5.70. The number of aliphatic carboxylic acids is 1. The second-order valence-electron chi connectivity index (χ2n) is 6.80. The summed E-state index contributed by atoms with van der Waals surface area (Å²) in [6.07, 6.45) is -8.54. The Morgan fingerprint density at radius 3 is 2.56 bits per heavy atom. The first-order valence-electron chi connectivity index (χ1n) is 8.48. The Hall–Kier alpha value is -1.76. The van der Waals surface area contributed by atoms with Crippen LogP contribution in [-0.4, -0.2) is 87.2 Å². The number of carboxylic acid groups (broad SMARTS) is 1. The van der Waals surface area contributed by atoms with Gasteiger partial charge in [-0.3, -0.25) is 4.79 Å². The number of carboxylic acids is 1. The highest BCUT2D eigenvalue weighted by molar-refractivity contribution is 5.88. The van der Waals surface area contributed by atoms with Crippen molar-refractivity contribution in [3.8, 4) is 0 Å². The van der Waals surface area contributed by atoms with Crippen molar-refractivity contribution in [1.82, 2.24) is 0 Å². The fourth-order valence-electron chi connectivity index (χ4n) is 3.67. The summed E-state index contributed by atoms with van der Waals surface area (Å²) in [6, 6.07) is 0. The second kappa shape index (κ2) is 7.70. The van der Waals surface area contributed by atoms with Gasteiger partial charge in [-0.15, -0.1) is 0 Å². The predicted octanol–water partition coefficient (Wildman–Crippen LogP) is -2.30. The smallest absolute Gasteiger partial charge is 0.335 e. The lowest BCUT2D eigenvalue weighted by molar-refractivity contribution is -0.346. The van der Waals surface area contributed by atoms with Gasteiger partial charge in [-0.1, -0.05) is 0 Å².